The van der Waals surface area contributed by atoms with Crippen LogP contribution in [0.1, 0.15) is 18.4 Å². The van der Waals surface area contributed by atoms with Crippen molar-refractivity contribution >= 4 is 10.0 Å². The lowest BCUT2D eigenvalue weighted by molar-refractivity contribution is -0.274. The van der Waals surface area contributed by atoms with E-state index in [4.69, 9.17) is 0 Å². The third kappa shape index (κ3) is 4.32. The van der Waals surface area contributed by atoms with Crippen molar-refractivity contribution in [1.82, 2.24) is 4.72 Å². The van der Waals surface area contributed by atoms with Gasteiger partial charge in [0, 0.05) is 12.0 Å². The van der Waals surface area contributed by atoms with E-state index >= 15 is 0 Å². The molecule has 3 rings (SSSR count). The first-order valence-electron chi connectivity index (χ1n) is 7.61. The van der Waals surface area contributed by atoms with Gasteiger partial charge in [-0.05, 0) is 42.7 Å². The highest BCUT2D eigenvalue weighted by molar-refractivity contribution is 7.89. The molecule has 4 nitrogen and oxygen atoms in total. The van der Waals surface area contributed by atoms with Gasteiger partial charge in [0.25, 0.3) is 0 Å². The van der Waals surface area contributed by atoms with Crippen LogP contribution in [-0.2, 0) is 15.4 Å². The summed E-state index contributed by atoms with van der Waals surface area (Å²) in [4.78, 5) is -0.106. The molecule has 2 aromatic carbocycles. The minimum absolute atomic E-state index is 0.106. The number of halogens is 3. The predicted molar refractivity (Wildman–Crippen MR) is 85.7 cm³/mol. The Morgan fingerprint density at radius 1 is 1.00 bits per heavy atom. The molecular formula is C17H16F3NO3S. The number of rotatable bonds is 6. The van der Waals surface area contributed by atoms with Crippen LogP contribution in [-0.4, -0.2) is 21.3 Å². The van der Waals surface area contributed by atoms with Crippen molar-refractivity contribution in [2.75, 3.05) is 6.54 Å². The number of sulfonamides is 1. The van der Waals surface area contributed by atoms with Crippen LogP contribution < -0.4 is 9.46 Å². The molecule has 0 amide bonds. The van der Waals surface area contributed by atoms with Crippen LogP contribution in [0.25, 0.3) is 0 Å². The first-order valence-corrected chi connectivity index (χ1v) is 9.10. The highest BCUT2D eigenvalue weighted by Crippen LogP contribution is 2.47. The van der Waals surface area contributed by atoms with Crippen molar-refractivity contribution in [1.29, 1.82) is 0 Å². The molecule has 0 spiro atoms. The summed E-state index contributed by atoms with van der Waals surface area (Å²) in [7, 11) is -3.81. The highest BCUT2D eigenvalue weighted by Gasteiger charge is 2.44. The SMILES string of the molecule is O=S(=O)(NCC1(c2ccccc2)CC1)c1ccc(OC(F)(F)F)cc1. The van der Waals surface area contributed by atoms with E-state index in [1.165, 1.54) is 0 Å². The van der Waals surface area contributed by atoms with Crippen molar-refractivity contribution in [2.24, 2.45) is 0 Å². The second-order valence-electron chi connectivity index (χ2n) is 5.99. The Morgan fingerprint density at radius 3 is 2.12 bits per heavy atom. The molecule has 1 aliphatic carbocycles. The molecule has 0 aromatic heterocycles. The Hall–Kier alpha value is -2.06. The molecule has 134 valence electrons. The zero-order chi connectivity index (χ0) is 18.1. The number of nitrogens with one attached hydrogen (secondary N) is 1. The lowest BCUT2D eigenvalue weighted by atomic mass is 9.96. The Balaban J connectivity index is 1.68. The van der Waals surface area contributed by atoms with Crippen molar-refractivity contribution in [3.63, 3.8) is 0 Å². The molecule has 1 fully saturated rings. The molecule has 0 unspecified atom stereocenters. The molecule has 25 heavy (non-hydrogen) atoms. The van der Waals surface area contributed by atoms with Gasteiger partial charge in [-0.15, -0.1) is 13.2 Å². The zero-order valence-electron chi connectivity index (χ0n) is 13.1. The van der Waals surface area contributed by atoms with Gasteiger partial charge in [0.05, 0.1) is 4.90 Å². The summed E-state index contributed by atoms with van der Waals surface area (Å²) in [5.41, 5.74) is 0.875. The van der Waals surface area contributed by atoms with E-state index in [0.29, 0.717) is 0 Å². The highest BCUT2D eigenvalue weighted by atomic mass is 32.2. The number of hydrogen-bond donors (Lipinski definition) is 1. The maximum Gasteiger partial charge on any atom is 0.573 e. The minimum atomic E-state index is -4.81. The van der Waals surface area contributed by atoms with Gasteiger partial charge in [0.1, 0.15) is 5.75 Å². The lowest BCUT2D eigenvalue weighted by Crippen LogP contribution is -2.32. The van der Waals surface area contributed by atoms with Gasteiger partial charge >= 0.3 is 6.36 Å². The Labute approximate surface area is 143 Å². The van der Waals surface area contributed by atoms with E-state index < -0.39 is 22.1 Å². The maximum absolute atomic E-state index is 12.4. The predicted octanol–water partition coefficient (Wildman–Crippen LogP) is 3.60. The van der Waals surface area contributed by atoms with Crippen molar-refractivity contribution in [3.8, 4) is 5.75 Å². The third-order valence-corrected chi connectivity index (χ3v) is 5.63. The fourth-order valence-corrected chi connectivity index (χ4v) is 3.77. The molecule has 0 saturated heterocycles. The first-order chi connectivity index (χ1) is 11.7. The summed E-state index contributed by atoms with van der Waals surface area (Å²) < 4.78 is 67.4. The topological polar surface area (TPSA) is 55.4 Å². The molecule has 0 atom stereocenters. The number of benzene rings is 2. The lowest BCUT2D eigenvalue weighted by Gasteiger charge is -2.17. The smallest absolute Gasteiger partial charge is 0.406 e. The van der Waals surface area contributed by atoms with Gasteiger partial charge in [-0.2, -0.15) is 0 Å². The van der Waals surface area contributed by atoms with E-state index in [1.807, 2.05) is 30.3 Å². The van der Waals surface area contributed by atoms with Crippen LogP contribution in [0, 0.1) is 0 Å². The van der Waals surface area contributed by atoms with E-state index in [1.54, 1.807) is 0 Å². The molecular weight excluding hydrogens is 355 g/mol. The molecule has 0 heterocycles. The average Bonchev–Trinajstić information content (AvgIpc) is 3.34. The minimum Gasteiger partial charge on any atom is -0.406 e. The van der Waals surface area contributed by atoms with Gasteiger partial charge in [-0.1, -0.05) is 30.3 Å². The van der Waals surface area contributed by atoms with Crippen LogP contribution in [0.2, 0.25) is 0 Å². The quantitative estimate of drug-likeness (QED) is 0.844. The normalized spacial score (nSPS) is 16.4. The maximum atomic E-state index is 12.4. The molecule has 1 N–H and O–H groups in total. The summed E-state index contributed by atoms with van der Waals surface area (Å²) >= 11 is 0. The molecule has 1 aliphatic rings. The van der Waals surface area contributed by atoms with Crippen LogP contribution in [0.15, 0.2) is 59.5 Å². The zero-order valence-corrected chi connectivity index (χ0v) is 13.9. The number of hydrogen-bond acceptors (Lipinski definition) is 3. The fourth-order valence-electron chi connectivity index (χ4n) is 2.65. The van der Waals surface area contributed by atoms with Crippen molar-refractivity contribution in [2.45, 2.75) is 29.5 Å². The molecule has 0 aliphatic heterocycles. The Morgan fingerprint density at radius 2 is 1.60 bits per heavy atom. The van der Waals surface area contributed by atoms with Crippen molar-refractivity contribution < 1.29 is 26.3 Å². The Kier molecular flexibility index (Phi) is 4.51. The van der Waals surface area contributed by atoms with Crippen LogP contribution in [0.4, 0.5) is 13.2 Å². The van der Waals surface area contributed by atoms with E-state index in [9.17, 15) is 21.6 Å². The molecule has 1 saturated carbocycles. The van der Waals surface area contributed by atoms with Gasteiger partial charge in [0.15, 0.2) is 0 Å². The Bertz CT molecular complexity index is 830. The standard InChI is InChI=1S/C17H16F3NO3S/c18-17(19,20)24-14-6-8-15(9-7-14)25(22,23)21-12-16(10-11-16)13-4-2-1-3-5-13/h1-9,21H,10-12H2. The molecule has 0 radical (unpaired) electrons. The summed E-state index contributed by atoms with van der Waals surface area (Å²) in [6.45, 7) is 0.250. The van der Waals surface area contributed by atoms with Gasteiger partial charge in [-0.25, -0.2) is 13.1 Å². The fraction of sp³-hybridized carbons (Fsp3) is 0.294. The van der Waals surface area contributed by atoms with Gasteiger partial charge in [-0.3, -0.25) is 0 Å². The molecule has 8 heteroatoms. The summed E-state index contributed by atoms with van der Waals surface area (Å²) in [5.74, 6) is -0.464. The van der Waals surface area contributed by atoms with E-state index in [0.717, 1.165) is 42.7 Å². The van der Waals surface area contributed by atoms with E-state index in [2.05, 4.69) is 9.46 Å². The van der Waals surface area contributed by atoms with Gasteiger partial charge < -0.3 is 4.74 Å². The van der Waals surface area contributed by atoms with Crippen LogP contribution in [0.5, 0.6) is 5.75 Å². The number of alkyl halides is 3. The molecule has 2 aromatic rings. The molecule has 0 bridgehead atoms. The van der Waals surface area contributed by atoms with Crippen LogP contribution in [0.3, 0.4) is 0 Å². The second kappa shape index (κ2) is 6.34. The van der Waals surface area contributed by atoms with Crippen molar-refractivity contribution in [3.05, 3.63) is 60.2 Å². The second-order valence-corrected chi connectivity index (χ2v) is 7.76. The van der Waals surface area contributed by atoms with Gasteiger partial charge in [0.2, 0.25) is 10.0 Å². The summed E-state index contributed by atoms with van der Waals surface area (Å²) in [6.07, 6.45) is -3.04. The average molecular weight is 371 g/mol. The van der Waals surface area contributed by atoms with E-state index in [-0.39, 0.29) is 16.9 Å². The van der Waals surface area contributed by atoms with Crippen LogP contribution >= 0.6 is 0 Å². The summed E-state index contributed by atoms with van der Waals surface area (Å²) in [6, 6.07) is 13.8. The number of ether oxygens (including phenoxy) is 1. The largest absolute Gasteiger partial charge is 0.573 e. The third-order valence-electron chi connectivity index (χ3n) is 4.21. The summed E-state index contributed by atoms with van der Waals surface area (Å²) in [5, 5.41) is 0. The first kappa shape index (κ1) is 17.8. The monoisotopic (exact) mass is 371 g/mol.